The van der Waals surface area contributed by atoms with Gasteiger partial charge in [0.2, 0.25) is 0 Å². The second-order valence-electron chi connectivity index (χ2n) is 7.53. The molecule has 0 amide bonds. The number of allylic oxidation sites excluding steroid dienone is 2. The van der Waals surface area contributed by atoms with Crippen LogP contribution >= 0.6 is 0 Å². The Bertz CT molecular complexity index is 1050. The predicted octanol–water partition coefficient (Wildman–Crippen LogP) is 4.68. The first kappa shape index (κ1) is 20.9. The smallest absolute Gasteiger partial charge is 0.335 e. The lowest BCUT2D eigenvalue weighted by molar-refractivity contribution is -0.142. The Morgan fingerprint density at radius 3 is 1.71 bits per heavy atom. The van der Waals surface area contributed by atoms with E-state index in [9.17, 15) is 9.59 Å². The molecule has 4 rings (SSSR count). The van der Waals surface area contributed by atoms with Gasteiger partial charge in [-0.3, -0.25) is 0 Å². The summed E-state index contributed by atoms with van der Waals surface area (Å²) in [5.41, 5.74) is 5.08. The van der Waals surface area contributed by atoms with Gasteiger partial charge in [-0.1, -0.05) is 42.5 Å². The van der Waals surface area contributed by atoms with Crippen molar-refractivity contribution < 1.29 is 23.8 Å². The monoisotopic (exact) mass is 418 g/mol. The highest BCUT2D eigenvalue weighted by Crippen LogP contribution is 2.59. The van der Waals surface area contributed by atoms with Crippen LogP contribution in [-0.4, -0.2) is 32.3 Å². The molecule has 0 fully saturated rings. The van der Waals surface area contributed by atoms with Crippen molar-refractivity contribution in [1.29, 1.82) is 0 Å². The number of ether oxygens (including phenoxy) is 3. The molecule has 0 N–H and O–H groups in total. The van der Waals surface area contributed by atoms with Crippen molar-refractivity contribution in [3.05, 3.63) is 76.9 Å². The number of methoxy groups -OCH3 is 1. The third kappa shape index (κ3) is 3.65. The fraction of sp³-hybridized carbons (Fsp3) is 0.308. The van der Waals surface area contributed by atoms with E-state index in [-0.39, 0.29) is 25.0 Å². The zero-order valence-electron chi connectivity index (χ0n) is 18.0. The number of esters is 2. The molecule has 5 heteroatoms. The highest BCUT2D eigenvalue weighted by atomic mass is 16.5. The average Bonchev–Trinajstić information content (AvgIpc) is 3.36. The molecule has 0 aromatic heterocycles. The van der Waals surface area contributed by atoms with Gasteiger partial charge in [-0.15, -0.1) is 0 Å². The Hall–Kier alpha value is -3.34. The molecule has 2 bridgehead atoms. The Morgan fingerprint density at radius 2 is 1.26 bits per heavy atom. The van der Waals surface area contributed by atoms with Crippen LogP contribution < -0.4 is 4.74 Å². The van der Waals surface area contributed by atoms with Crippen molar-refractivity contribution in [2.45, 2.75) is 20.3 Å². The molecule has 31 heavy (non-hydrogen) atoms. The predicted molar refractivity (Wildman–Crippen MR) is 118 cm³/mol. The number of carbonyl (C=O) groups is 2. The van der Waals surface area contributed by atoms with Crippen molar-refractivity contribution >= 4 is 23.1 Å². The van der Waals surface area contributed by atoms with Crippen molar-refractivity contribution in [2.75, 3.05) is 20.3 Å². The van der Waals surface area contributed by atoms with Crippen molar-refractivity contribution in [1.82, 2.24) is 0 Å². The zero-order valence-corrected chi connectivity index (χ0v) is 18.0. The minimum atomic E-state index is -0.434. The van der Waals surface area contributed by atoms with Gasteiger partial charge >= 0.3 is 11.9 Å². The molecular weight excluding hydrogens is 392 g/mol. The number of carbonyl (C=O) groups excluding carboxylic acids is 2. The van der Waals surface area contributed by atoms with Gasteiger partial charge < -0.3 is 14.2 Å². The molecule has 0 heterocycles. The minimum Gasteiger partial charge on any atom is -0.497 e. The van der Waals surface area contributed by atoms with Crippen LogP contribution in [0.3, 0.4) is 0 Å². The van der Waals surface area contributed by atoms with Gasteiger partial charge in [-0.05, 0) is 54.7 Å². The highest BCUT2D eigenvalue weighted by molar-refractivity contribution is 6.13. The number of hydrogen-bond acceptors (Lipinski definition) is 5. The van der Waals surface area contributed by atoms with Crippen LogP contribution in [0.5, 0.6) is 5.75 Å². The van der Waals surface area contributed by atoms with Gasteiger partial charge in [0.1, 0.15) is 5.75 Å². The third-order valence-electron chi connectivity index (χ3n) is 5.92. The zero-order chi connectivity index (χ0) is 22.0. The van der Waals surface area contributed by atoms with Crippen LogP contribution in [0.15, 0.2) is 65.7 Å². The van der Waals surface area contributed by atoms with E-state index in [1.165, 1.54) is 0 Å². The minimum absolute atomic E-state index is 0.206. The first-order valence-corrected chi connectivity index (χ1v) is 10.6. The van der Waals surface area contributed by atoms with Crippen molar-refractivity contribution in [2.24, 2.45) is 11.8 Å². The summed E-state index contributed by atoms with van der Waals surface area (Å²) < 4.78 is 16.0. The van der Waals surface area contributed by atoms with E-state index in [0.717, 1.165) is 28.0 Å². The molecule has 160 valence electrons. The van der Waals surface area contributed by atoms with E-state index in [1.54, 1.807) is 21.0 Å². The Morgan fingerprint density at radius 1 is 0.774 bits per heavy atom. The molecule has 0 saturated heterocycles. The summed E-state index contributed by atoms with van der Waals surface area (Å²) in [6.07, 6.45) is 0.661. The molecule has 0 saturated carbocycles. The first-order chi connectivity index (χ1) is 15.1. The van der Waals surface area contributed by atoms with Crippen LogP contribution in [0, 0.1) is 11.8 Å². The molecule has 0 aliphatic heterocycles. The standard InChI is InChI=1S/C26H26O5/c1-4-30-25(27)23-19-15-20(24(23)26(28)31-5-2)22(17-11-13-18(29-3)14-12-17)21(19)16-9-7-6-8-10-16/h6-14,19-20H,4-5,15H2,1-3H3. The van der Waals surface area contributed by atoms with Gasteiger partial charge in [-0.25, -0.2) is 9.59 Å². The molecule has 2 aromatic carbocycles. The molecule has 2 aromatic rings. The van der Waals surface area contributed by atoms with E-state index in [2.05, 4.69) is 0 Å². The topological polar surface area (TPSA) is 61.8 Å². The number of rotatable bonds is 7. The normalized spacial score (nSPS) is 19.6. The van der Waals surface area contributed by atoms with E-state index in [4.69, 9.17) is 14.2 Å². The van der Waals surface area contributed by atoms with Gasteiger partial charge in [0.15, 0.2) is 0 Å². The van der Waals surface area contributed by atoms with E-state index < -0.39 is 11.9 Å². The molecule has 0 spiro atoms. The Balaban J connectivity index is 1.90. The Kier molecular flexibility index (Phi) is 5.94. The summed E-state index contributed by atoms with van der Waals surface area (Å²) in [7, 11) is 1.63. The maximum absolute atomic E-state index is 12.9. The SMILES string of the molecule is CCOC(=O)C1=C(C(=O)OCC)C2CC1C(c1ccccc1)=C2c1ccc(OC)cc1. The molecular formula is C26H26O5. The van der Waals surface area contributed by atoms with Gasteiger partial charge in [0.25, 0.3) is 0 Å². The van der Waals surface area contributed by atoms with Gasteiger partial charge in [0.05, 0.1) is 31.5 Å². The summed E-state index contributed by atoms with van der Waals surface area (Å²) in [4.78, 5) is 25.9. The molecule has 2 atom stereocenters. The van der Waals surface area contributed by atoms with Crippen LogP contribution in [0.4, 0.5) is 0 Å². The molecule has 2 unspecified atom stereocenters. The second-order valence-corrected chi connectivity index (χ2v) is 7.53. The van der Waals surface area contributed by atoms with E-state index >= 15 is 0 Å². The molecule has 5 nitrogen and oxygen atoms in total. The lowest BCUT2D eigenvalue weighted by Crippen LogP contribution is -2.22. The maximum atomic E-state index is 12.9. The lowest BCUT2D eigenvalue weighted by atomic mass is 9.80. The average molecular weight is 418 g/mol. The second kappa shape index (κ2) is 8.80. The summed E-state index contributed by atoms with van der Waals surface area (Å²) in [5.74, 6) is -0.520. The van der Waals surface area contributed by atoms with Crippen molar-refractivity contribution in [3.8, 4) is 5.75 Å². The largest absolute Gasteiger partial charge is 0.497 e. The summed E-state index contributed by atoms with van der Waals surface area (Å²) >= 11 is 0. The van der Waals surface area contributed by atoms with E-state index in [1.807, 2.05) is 54.6 Å². The quantitative estimate of drug-likeness (QED) is 0.611. The number of benzene rings is 2. The van der Waals surface area contributed by atoms with Crippen LogP contribution in [0.1, 0.15) is 31.4 Å². The van der Waals surface area contributed by atoms with Gasteiger partial charge in [-0.2, -0.15) is 0 Å². The molecule has 2 aliphatic carbocycles. The fourth-order valence-corrected chi connectivity index (χ4v) is 4.77. The molecule has 2 aliphatic rings. The van der Waals surface area contributed by atoms with Crippen LogP contribution in [-0.2, 0) is 19.1 Å². The van der Waals surface area contributed by atoms with Crippen LogP contribution in [0.25, 0.3) is 11.1 Å². The fourth-order valence-electron chi connectivity index (χ4n) is 4.77. The maximum Gasteiger partial charge on any atom is 0.335 e. The first-order valence-electron chi connectivity index (χ1n) is 10.6. The van der Waals surface area contributed by atoms with Crippen LogP contribution in [0.2, 0.25) is 0 Å². The number of fused-ring (bicyclic) bond motifs is 2. The lowest BCUT2D eigenvalue weighted by Gasteiger charge is -2.25. The van der Waals surface area contributed by atoms with E-state index in [0.29, 0.717) is 17.6 Å². The highest BCUT2D eigenvalue weighted by Gasteiger charge is 2.51. The van der Waals surface area contributed by atoms with Crippen molar-refractivity contribution in [3.63, 3.8) is 0 Å². The van der Waals surface area contributed by atoms with Gasteiger partial charge in [0, 0.05) is 11.8 Å². The Labute approximate surface area is 182 Å². The molecule has 0 radical (unpaired) electrons. The third-order valence-corrected chi connectivity index (χ3v) is 5.92. The summed E-state index contributed by atoms with van der Waals surface area (Å²) in [5, 5.41) is 0. The summed E-state index contributed by atoms with van der Waals surface area (Å²) in [6, 6.07) is 17.9. The number of hydrogen-bond donors (Lipinski definition) is 0. The summed E-state index contributed by atoms with van der Waals surface area (Å²) in [6.45, 7) is 4.05.